The molecule has 335 valence electrons. The van der Waals surface area contributed by atoms with Crippen LogP contribution in [0, 0.1) is 0 Å². The zero-order valence-corrected chi connectivity index (χ0v) is 39.4. The summed E-state index contributed by atoms with van der Waals surface area (Å²) in [6, 6.07) is 0. The van der Waals surface area contributed by atoms with Crippen molar-refractivity contribution >= 4 is 30.4 Å². The van der Waals surface area contributed by atoms with Crippen molar-refractivity contribution in [2.24, 2.45) is 0 Å². The van der Waals surface area contributed by atoms with E-state index in [1.165, 1.54) is 173 Å². The molecule has 0 saturated heterocycles. The Morgan fingerprint density at radius 3 is 0.455 bits per heavy atom. The first-order chi connectivity index (χ1) is 25.7. The van der Waals surface area contributed by atoms with Gasteiger partial charge in [-0.05, 0) is 19.3 Å². The van der Waals surface area contributed by atoms with Crippen molar-refractivity contribution in [2.45, 2.75) is 252 Å². The van der Waals surface area contributed by atoms with Crippen molar-refractivity contribution in [1.29, 1.82) is 0 Å². The largest absolute Gasteiger partial charge is 3.00 e. The first kappa shape index (κ1) is 61.9. The molecule has 0 N–H and O–H groups in total. The third-order valence-electron chi connectivity index (χ3n) is 9.74. The Morgan fingerprint density at radius 2 is 0.345 bits per heavy atom. The summed E-state index contributed by atoms with van der Waals surface area (Å²) in [5.74, 6) is -0.570. The molecule has 0 saturated carbocycles. The molecule has 1 radical (unpaired) electrons. The molecule has 0 aromatic carbocycles. The fraction of sp³-hybridized carbons (Fsp3) is 1.00. The molecule has 0 aromatic heterocycles. The maximum absolute atomic E-state index is 10.4. The van der Waals surface area contributed by atoms with E-state index >= 15 is 0 Å². The molecular formula is C42H87FeO9S3. The summed E-state index contributed by atoms with van der Waals surface area (Å²) in [5, 5.41) is 0. The summed E-state index contributed by atoms with van der Waals surface area (Å²) in [7, 11) is -12.0. The summed E-state index contributed by atoms with van der Waals surface area (Å²) < 4.78 is 93.2. The molecule has 9 nitrogen and oxygen atoms in total. The molecular weight excluding hydrogens is 800 g/mol. The van der Waals surface area contributed by atoms with Crippen LogP contribution in [0.4, 0.5) is 0 Å². The van der Waals surface area contributed by atoms with Crippen LogP contribution in [-0.2, 0) is 47.4 Å². The van der Waals surface area contributed by atoms with E-state index in [9.17, 15) is 38.9 Å². The molecule has 0 aromatic rings. The Bertz CT molecular complexity index is 921. The van der Waals surface area contributed by atoms with Crippen molar-refractivity contribution in [2.75, 3.05) is 17.3 Å². The van der Waals surface area contributed by atoms with Crippen molar-refractivity contribution in [3.8, 4) is 0 Å². The predicted molar refractivity (Wildman–Crippen MR) is 227 cm³/mol. The molecule has 0 rings (SSSR count). The summed E-state index contributed by atoms with van der Waals surface area (Å²) >= 11 is 0. The first-order valence-electron chi connectivity index (χ1n) is 22.5. The van der Waals surface area contributed by atoms with E-state index in [0.717, 1.165) is 38.5 Å². The molecule has 13 heteroatoms. The molecule has 55 heavy (non-hydrogen) atoms. The first-order valence-corrected chi connectivity index (χ1v) is 27.2. The zero-order chi connectivity index (χ0) is 41.1. The normalized spacial score (nSPS) is 11.7. The average Bonchev–Trinajstić information content (AvgIpc) is 3.09. The van der Waals surface area contributed by atoms with E-state index in [2.05, 4.69) is 20.8 Å². The Morgan fingerprint density at radius 1 is 0.236 bits per heavy atom. The van der Waals surface area contributed by atoms with Gasteiger partial charge in [0.05, 0.1) is 30.4 Å². The van der Waals surface area contributed by atoms with Crippen LogP contribution in [0.1, 0.15) is 252 Å². The van der Waals surface area contributed by atoms with Crippen molar-refractivity contribution in [1.82, 2.24) is 0 Å². The second-order valence-corrected chi connectivity index (χ2v) is 20.0. The van der Waals surface area contributed by atoms with Gasteiger partial charge in [0, 0.05) is 17.3 Å². The minimum atomic E-state index is -3.99. The second kappa shape index (κ2) is 46.9. The van der Waals surface area contributed by atoms with Gasteiger partial charge in [-0.1, -0.05) is 233 Å². The van der Waals surface area contributed by atoms with Crippen LogP contribution in [0.5, 0.6) is 0 Å². The van der Waals surface area contributed by atoms with Gasteiger partial charge in [-0.3, -0.25) is 0 Å². The Hall–Kier alpha value is 0.249. The van der Waals surface area contributed by atoms with Gasteiger partial charge in [-0.2, -0.15) is 0 Å². The molecule has 0 aliphatic heterocycles. The molecule has 0 aliphatic rings. The van der Waals surface area contributed by atoms with Gasteiger partial charge >= 0.3 is 17.1 Å². The molecule has 0 unspecified atom stereocenters. The number of rotatable bonds is 39. The minimum absolute atomic E-state index is 0. The second-order valence-electron chi connectivity index (χ2n) is 15.5. The Kier molecular flexibility index (Phi) is 52.8. The van der Waals surface area contributed by atoms with E-state index in [-0.39, 0.29) is 34.3 Å². The molecule has 0 spiro atoms. The number of hydrogen-bond donors (Lipinski definition) is 0. The van der Waals surface area contributed by atoms with Gasteiger partial charge in [0.15, 0.2) is 0 Å². The number of unbranched alkanes of at least 4 members (excludes halogenated alkanes) is 33. The van der Waals surface area contributed by atoms with Gasteiger partial charge in [0.1, 0.15) is 0 Å². The average molecular weight is 888 g/mol. The smallest absolute Gasteiger partial charge is 0.748 e. The standard InChI is InChI=1S/3C14H30O3S.Fe/c3*1-2-3-4-5-6-7-8-9-10-11-12-13-14-18(15,16)17;/h3*2-14H2,1H3,(H,15,16,17);/q;;;+3/p-3. The quantitative estimate of drug-likeness (QED) is 0.0331. The van der Waals surface area contributed by atoms with Crippen LogP contribution in [0.15, 0.2) is 0 Å². The van der Waals surface area contributed by atoms with E-state index < -0.39 is 30.4 Å². The summed E-state index contributed by atoms with van der Waals surface area (Å²) in [5.41, 5.74) is 0. The molecule has 0 fully saturated rings. The summed E-state index contributed by atoms with van der Waals surface area (Å²) in [6.07, 6.45) is 42.9. The fourth-order valence-corrected chi connectivity index (χ4v) is 8.03. The summed E-state index contributed by atoms with van der Waals surface area (Å²) in [4.78, 5) is 0. The van der Waals surface area contributed by atoms with E-state index in [4.69, 9.17) is 0 Å². The van der Waals surface area contributed by atoms with E-state index in [0.29, 0.717) is 19.3 Å². The fourth-order valence-electron chi connectivity index (χ4n) is 6.36. The van der Waals surface area contributed by atoms with Crippen LogP contribution >= 0.6 is 0 Å². The van der Waals surface area contributed by atoms with Gasteiger partial charge in [-0.15, -0.1) is 0 Å². The maximum atomic E-state index is 10.4. The van der Waals surface area contributed by atoms with Crippen LogP contribution in [-0.4, -0.2) is 56.2 Å². The van der Waals surface area contributed by atoms with E-state index in [1.54, 1.807) is 0 Å². The van der Waals surface area contributed by atoms with Crippen molar-refractivity contribution < 1.29 is 56.0 Å². The van der Waals surface area contributed by atoms with Crippen LogP contribution in [0.3, 0.4) is 0 Å². The van der Waals surface area contributed by atoms with Gasteiger partial charge in [-0.25, -0.2) is 25.3 Å². The van der Waals surface area contributed by atoms with Crippen LogP contribution < -0.4 is 0 Å². The molecule has 0 atom stereocenters. The third kappa shape index (κ3) is 72.3. The van der Waals surface area contributed by atoms with Gasteiger partial charge in [0.25, 0.3) is 0 Å². The minimum Gasteiger partial charge on any atom is -0.748 e. The monoisotopic (exact) mass is 887 g/mol. The molecule has 0 bridgehead atoms. The molecule has 0 amide bonds. The Labute approximate surface area is 353 Å². The SMILES string of the molecule is CCCCCCCCCCCCCCS(=O)(=O)[O-].CCCCCCCCCCCCCCS(=O)(=O)[O-].CCCCCCCCCCCCCCS(=O)(=O)[O-].[Fe+3]. The van der Waals surface area contributed by atoms with Crippen molar-refractivity contribution in [3.05, 3.63) is 0 Å². The van der Waals surface area contributed by atoms with Crippen LogP contribution in [0.25, 0.3) is 0 Å². The zero-order valence-electron chi connectivity index (χ0n) is 35.8. The third-order valence-corrected chi connectivity index (χ3v) is 12.1. The molecule has 0 aliphatic carbocycles. The Balaban J connectivity index is -0.000000351. The maximum Gasteiger partial charge on any atom is 3.00 e. The molecule has 0 heterocycles. The predicted octanol–water partition coefficient (Wildman–Crippen LogP) is 12.7. The summed E-state index contributed by atoms with van der Waals surface area (Å²) in [6.45, 7) is 6.70. The van der Waals surface area contributed by atoms with Crippen LogP contribution in [0.2, 0.25) is 0 Å². The van der Waals surface area contributed by atoms with Crippen molar-refractivity contribution in [3.63, 3.8) is 0 Å². The topological polar surface area (TPSA) is 172 Å². The van der Waals surface area contributed by atoms with Gasteiger partial charge in [0.2, 0.25) is 0 Å². The number of hydrogen-bond acceptors (Lipinski definition) is 9. The van der Waals surface area contributed by atoms with Gasteiger partial charge < -0.3 is 13.7 Å². The van der Waals surface area contributed by atoms with E-state index in [1.807, 2.05) is 0 Å².